The Morgan fingerprint density at radius 3 is 2.33 bits per heavy atom. The SMILES string of the molecule is CN(C)C(=O)CCCC(=O)NC(CN)C1CCCCC1.Cl. The van der Waals surface area contributed by atoms with Gasteiger partial charge in [0.05, 0.1) is 0 Å². The van der Waals surface area contributed by atoms with E-state index in [2.05, 4.69) is 5.32 Å². The van der Waals surface area contributed by atoms with Crippen molar-refractivity contribution in [3.63, 3.8) is 0 Å². The first-order valence-electron chi connectivity index (χ1n) is 7.74. The lowest BCUT2D eigenvalue weighted by Crippen LogP contribution is -2.45. The largest absolute Gasteiger partial charge is 0.352 e. The van der Waals surface area contributed by atoms with Crippen molar-refractivity contribution in [1.82, 2.24) is 10.2 Å². The number of hydrogen-bond acceptors (Lipinski definition) is 3. The van der Waals surface area contributed by atoms with Crippen molar-refractivity contribution >= 4 is 24.2 Å². The smallest absolute Gasteiger partial charge is 0.222 e. The van der Waals surface area contributed by atoms with E-state index < -0.39 is 0 Å². The molecule has 0 bridgehead atoms. The van der Waals surface area contributed by atoms with Crippen molar-refractivity contribution in [3.8, 4) is 0 Å². The summed E-state index contributed by atoms with van der Waals surface area (Å²) in [6, 6.07) is 0.104. The predicted molar refractivity (Wildman–Crippen MR) is 87.4 cm³/mol. The van der Waals surface area contributed by atoms with Gasteiger partial charge in [-0.25, -0.2) is 0 Å². The van der Waals surface area contributed by atoms with E-state index >= 15 is 0 Å². The maximum atomic E-state index is 11.9. The Morgan fingerprint density at radius 1 is 1.19 bits per heavy atom. The van der Waals surface area contributed by atoms with Crippen molar-refractivity contribution in [3.05, 3.63) is 0 Å². The first-order valence-corrected chi connectivity index (χ1v) is 7.74. The number of carbonyl (C=O) groups excluding carboxylic acids is 2. The third-order valence-corrected chi connectivity index (χ3v) is 4.11. The molecule has 0 spiro atoms. The standard InChI is InChI=1S/C15H29N3O2.ClH/c1-18(2)15(20)10-6-9-14(19)17-13(11-16)12-7-4-3-5-8-12;/h12-13H,3-11,16H2,1-2H3,(H,17,19);1H. The topological polar surface area (TPSA) is 75.4 Å². The second-order valence-corrected chi connectivity index (χ2v) is 5.95. The fourth-order valence-corrected chi connectivity index (χ4v) is 2.81. The second-order valence-electron chi connectivity index (χ2n) is 5.95. The fraction of sp³-hybridized carbons (Fsp3) is 0.867. The first-order chi connectivity index (χ1) is 9.54. The molecule has 1 rings (SSSR count). The summed E-state index contributed by atoms with van der Waals surface area (Å²) in [6.07, 6.45) is 7.56. The predicted octanol–water partition coefficient (Wildman–Crippen LogP) is 1.69. The lowest BCUT2D eigenvalue weighted by Gasteiger charge is -2.30. The molecule has 124 valence electrons. The van der Waals surface area contributed by atoms with Gasteiger partial charge in [0.2, 0.25) is 11.8 Å². The van der Waals surface area contributed by atoms with Crippen LogP contribution in [0.25, 0.3) is 0 Å². The van der Waals surface area contributed by atoms with Crippen LogP contribution in [0.2, 0.25) is 0 Å². The molecular formula is C15H30ClN3O2. The molecule has 1 aliphatic carbocycles. The van der Waals surface area contributed by atoms with Crippen LogP contribution in [-0.2, 0) is 9.59 Å². The van der Waals surface area contributed by atoms with Crippen LogP contribution in [0.5, 0.6) is 0 Å². The molecule has 0 aromatic carbocycles. The van der Waals surface area contributed by atoms with Gasteiger partial charge in [-0.15, -0.1) is 12.4 Å². The molecule has 6 heteroatoms. The van der Waals surface area contributed by atoms with Crippen molar-refractivity contribution < 1.29 is 9.59 Å². The molecule has 21 heavy (non-hydrogen) atoms. The summed E-state index contributed by atoms with van der Waals surface area (Å²) in [5.41, 5.74) is 5.79. The quantitative estimate of drug-likeness (QED) is 0.750. The summed E-state index contributed by atoms with van der Waals surface area (Å²) in [7, 11) is 3.46. The highest BCUT2D eigenvalue weighted by atomic mass is 35.5. The molecule has 0 aromatic rings. The summed E-state index contributed by atoms with van der Waals surface area (Å²) in [6.45, 7) is 0.507. The molecule has 1 unspecified atom stereocenters. The summed E-state index contributed by atoms with van der Waals surface area (Å²) >= 11 is 0. The molecule has 1 fully saturated rings. The molecule has 2 amide bonds. The van der Waals surface area contributed by atoms with Gasteiger partial charge in [0.25, 0.3) is 0 Å². The first kappa shape index (κ1) is 20.2. The monoisotopic (exact) mass is 319 g/mol. The highest BCUT2D eigenvalue weighted by molar-refractivity contribution is 5.85. The Morgan fingerprint density at radius 2 is 1.81 bits per heavy atom. The third kappa shape index (κ3) is 7.67. The van der Waals surface area contributed by atoms with Crippen molar-refractivity contribution in [2.75, 3.05) is 20.6 Å². The van der Waals surface area contributed by atoms with Crippen molar-refractivity contribution in [2.45, 2.75) is 57.4 Å². The molecule has 1 aliphatic rings. The number of nitrogens with two attached hydrogens (primary N) is 1. The van der Waals surface area contributed by atoms with Crippen molar-refractivity contribution in [2.24, 2.45) is 11.7 Å². The minimum Gasteiger partial charge on any atom is -0.352 e. The minimum absolute atomic E-state index is 0. The molecule has 0 aromatic heterocycles. The number of rotatable bonds is 7. The van der Waals surface area contributed by atoms with Crippen LogP contribution in [0.4, 0.5) is 0 Å². The Hall–Kier alpha value is -0.810. The van der Waals surface area contributed by atoms with Gasteiger partial charge in [-0.05, 0) is 25.2 Å². The van der Waals surface area contributed by atoms with Gasteiger partial charge in [-0.2, -0.15) is 0 Å². The maximum absolute atomic E-state index is 11.9. The number of carbonyl (C=O) groups is 2. The summed E-state index contributed by atoms with van der Waals surface area (Å²) in [5, 5.41) is 3.05. The van der Waals surface area contributed by atoms with E-state index in [1.165, 1.54) is 32.1 Å². The van der Waals surface area contributed by atoms with Crippen LogP contribution >= 0.6 is 12.4 Å². The number of nitrogens with one attached hydrogen (secondary N) is 1. The van der Waals surface area contributed by atoms with Crippen LogP contribution < -0.4 is 11.1 Å². The van der Waals surface area contributed by atoms with Gasteiger partial charge < -0.3 is 16.0 Å². The van der Waals surface area contributed by atoms with Gasteiger partial charge in [-0.3, -0.25) is 9.59 Å². The molecule has 1 atom stereocenters. The average molecular weight is 320 g/mol. The molecule has 0 heterocycles. The molecular weight excluding hydrogens is 290 g/mol. The Labute approximate surface area is 134 Å². The van der Waals surface area contributed by atoms with Gasteiger partial charge in [-0.1, -0.05) is 19.3 Å². The normalized spacial score (nSPS) is 16.7. The van der Waals surface area contributed by atoms with Crippen LogP contribution in [0.3, 0.4) is 0 Å². The van der Waals surface area contributed by atoms with E-state index in [0.29, 0.717) is 31.7 Å². The Balaban J connectivity index is 0.00000400. The van der Waals surface area contributed by atoms with E-state index in [9.17, 15) is 9.59 Å². The highest BCUT2D eigenvalue weighted by Gasteiger charge is 2.23. The molecule has 0 aliphatic heterocycles. The number of halogens is 1. The van der Waals surface area contributed by atoms with E-state index in [0.717, 1.165) is 0 Å². The lowest BCUT2D eigenvalue weighted by atomic mass is 9.84. The van der Waals surface area contributed by atoms with E-state index in [1.54, 1.807) is 19.0 Å². The van der Waals surface area contributed by atoms with Crippen LogP contribution in [-0.4, -0.2) is 43.4 Å². The Bertz CT molecular complexity index is 318. The average Bonchev–Trinajstić information content (AvgIpc) is 2.45. The Kier molecular flexibility index (Phi) is 10.4. The second kappa shape index (κ2) is 10.9. The zero-order valence-electron chi connectivity index (χ0n) is 13.3. The van der Waals surface area contributed by atoms with Gasteiger partial charge >= 0.3 is 0 Å². The number of nitrogens with zero attached hydrogens (tertiary/aromatic N) is 1. The molecule has 1 saturated carbocycles. The molecule has 0 radical (unpaired) electrons. The van der Waals surface area contributed by atoms with E-state index in [1.807, 2.05) is 0 Å². The molecule has 3 N–H and O–H groups in total. The lowest BCUT2D eigenvalue weighted by molar-refractivity contribution is -0.129. The van der Waals surface area contributed by atoms with E-state index in [-0.39, 0.29) is 30.3 Å². The maximum Gasteiger partial charge on any atom is 0.222 e. The fourth-order valence-electron chi connectivity index (χ4n) is 2.81. The zero-order chi connectivity index (χ0) is 15.0. The number of amides is 2. The van der Waals surface area contributed by atoms with Gasteiger partial charge in [0, 0.05) is 39.5 Å². The summed E-state index contributed by atoms with van der Waals surface area (Å²) in [5.74, 6) is 0.624. The molecule has 5 nitrogen and oxygen atoms in total. The zero-order valence-corrected chi connectivity index (χ0v) is 14.1. The molecule has 0 saturated heterocycles. The summed E-state index contributed by atoms with van der Waals surface area (Å²) in [4.78, 5) is 24.9. The summed E-state index contributed by atoms with van der Waals surface area (Å²) < 4.78 is 0. The highest BCUT2D eigenvalue weighted by Crippen LogP contribution is 2.26. The van der Waals surface area contributed by atoms with Gasteiger partial charge in [0.15, 0.2) is 0 Å². The minimum atomic E-state index is 0. The van der Waals surface area contributed by atoms with Crippen LogP contribution in [0.1, 0.15) is 51.4 Å². The third-order valence-electron chi connectivity index (χ3n) is 4.11. The number of hydrogen-bond donors (Lipinski definition) is 2. The van der Waals surface area contributed by atoms with E-state index in [4.69, 9.17) is 5.73 Å². The van der Waals surface area contributed by atoms with Crippen LogP contribution in [0.15, 0.2) is 0 Å². The van der Waals surface area contributed by atoms with Crippen molar-refractivity contribution in [1.29, 1.82) is 0 Å². The van der Waals surface area contributed by atoms with Crippen LogP contribution in [0, 0.1) is 5.92 Å². The van der Waals surface area contributed by atoms with Gasteiger partial charge in [0.1, 0.15) is 0 Å².